The number of amides is 1. The Hall–Kier alpha value is -2.13. The first-order valence-corrected chi connectivity index (χ1v) is 8.40. The van der Waals surface area contributed by atoms with Crippen LogP contribution in [0.2, 0.25) is 0 Å². The molecule has 0 spiro atoms. The van der Waals surface area contributed by atoms with E-state index in [4.69, 9.17) is 4.74 Å². The number of rotatable bonds is 3. The van der Waals surface area contributed by atoms with Crippen LogP contribution < -0.4 is 10.2 Å². The van der Waals surface area contributed by atoms with Crippen LogP contribution >= 0.6 is 11.8 Å². The number of fused-ring (bicyclic) bond motifs is 1. The van der Waals surface area contributed by atoms with Crippen molar-refractivity contribution in [3.8, 4) is 0 Å². The number of nitrogens with zero attached hydrogens (tertiary/aromatic N) is 5. The minimum Gasteiger partial charge on any atom is -0.373 e. The molecule has 2 aliphatic heterocycles. The van der Waals surface area contributed by atoms with Crippen LogP contribution in [0.4, 0.5) is 11.5 Å². The van der Waals surface area contributed by atoms with E-state index in [-0.39, 0.29) is 12.0 Å². The molecule has 0 radical (unpaired) electrons. The van der Waals surface area contributed by atoms with Crippen LogP contribution in [-0.4, -0.2) is 57.2 Å². The lowest BCUT2D eigenvalue weighted by atomic mass is 10.2. The molecule has 23 heavy (non-hydrogen) atoms. The molecule has 9 heteroatoms. The van der Waals surface area contributed by atoms with Crippen LogP contribution in [0.15, 0.2) is 29.8 Å². The lowest BCUT2D eigenvalue weighted by Crippen LogP contribution is -2.45. The molecule has 1 N–H and O–H groups in total. The Morgan fingerprint density at radius 1 is 1.43 bits per heavy atom. The number of carbonyl (C=O) groups is 1. The lowest BCUT2D eigenvalue weighted by Gasteiger charge is -2.35. The van der Waals surface area contributed by atoms with Crippen molar-refractivity contribution < 1.29 is 9.53 Å². The zero-order chi connectivity index (χ0) is 15.6. The van der Waals surface area contributed by atoms with Gasteiger partial charge in [0.25, 0.3) is 0 Å². The van der Waals surface area contributed by atoms with Gasteiger partial charge in [-0.15, -0.1) is 0 Å². The number of nitrogens with one attached hydrogen (secondary N) is 1. The van der Waals surface area contributed by atoms with Gasteiger partial charge in [-0.3, -0.25) is 9.48 Å². The number of aromatic nitrogens is 4. The molecule has 0 aliphatic carbocycles. The highest BCUT2D eigenvalue weighted by atomic mass is 32.2. The van der Waals surface area contributed by atoms with Gasteiger partial charge in [0, 0.05) is 25.5 Å². The Balaban J connectivity index is 1.55. The van der Waals surface area contributed by atoms with Gasteiger partial charge in [0.05, 0.1) is 25.0 Å². The van der Waals surface area contributed by atoms with Crippen LogP contribution in [0.1, 0.15) is 0 Å². The van der Waals surface area contributed by atoms with E-state index in [2.05, 4.69) is 25.3 Å². The number of ether oxygens (including phenoxy) is 1. The Morgan fingerprint density at radius 3 is 3.26 bits per heavy atom. The first kappa shape index (κ1) is 14.5. The van der Waals surface area contributed by atoms with Crippen LogP contribution in [0.25, 0.3) is 0 Å². The summed E-state index contributed by atoms with van der Waals surface area (Å²) < 4.78 is 7.69. The SMILES string of the molecule is O=C1CSc2ncnc(N3CCOC(Cn4cccn4)C3)c2N1. The molecule has 1 unspecified atom stereocenters. The summed E-state index contributed by atoms with van der Waals surface area (Å²) in [6, 6.07) is 1.90. The molecule has 0 saturated carbocycles. The van der Waals surface area contributed by atoms with Crippen LogP contribution in [-0.2, 0) is 16.1 Å². The first-order chi connectivity index (χ1) is 11.3. The predicted octanol–water partition coefficient (Wildman–Crippen LogP) is 0.623. The van der Waals surface area contributed by atoms with Gasteiger partial charge in [0.15, 0.2) is 5.82 Å². The number of carbonyl (C=O) groups excluding carboxylic acids is 1. The summed E-state index contributed by atoms with van der Waals surface area (Å²) in [6.45, 7) is 2.74. The van der Waals surface area contributed by atoms with E-state index in [9.17, 15) is 4.79 Å². The maximum absolute atomic E-state index is 11.7. The number of hydrogen-bond donors (Lipinski definition) is 1. The van der Waals surface area contributed by atoms with Gasteiger partial charge in [0.2, 0.25) is 5.91 Å². The van der Waals surface area contributed by atoms with Gasteiger partial charge in [-0.1, -0.05) is 11.8 Å². The van der Waals surface area contributed by atoms with Gasteiger partial charge in [-0.05, 0) is 6.07 Å². The molecule has 120 valence electrons. The van der Waals surface area contributed by atoms with Crippen molar-refractivity contribution >= 4 is 29.2 Å². The second kappa shape index (κ2) is 6.17. The fraction of sp³-hybridized carbons (Fsp3) is 0.429. The van der Waals surface area contributed by atoms with Crippen molar-refractivity contribution in [3.05, 3.63) is 24.8 Å². The molecule has 1 atom stereocenters. The topological polar surface area (TPSA) is 85.2 Å². The molecule has 4 rings (SSSR count). The quantitative estimate of drug-likeness (QED) is 0.825. The van der Waals surface area contributed by atoms with E-state index in [1.54, 1.807) is 12.5 Å². The van der Waals surface area contributed by atoms with Gasteiger partial charge in [-0.2, -0.15) is 5.10 Å². The molecule has 2 aromatic rings. The average Bonchev–Trinajstić information content (AvgIpc) is 3.07. The van der Waals surface area contributed by atoms with E-state index in [0.717, 1.165) is 17.4 Å². The molecule has 1 fully saturated rings. The Morgan fingerprint density at radius 2 is 2.39 bits per heavy atom. The van der Waals surface area contributed by atoms with Gasteiger partial charge in [-0.25, -0.2) is 9.97 Å². The summed E-state index contributed by atoms with van der Waals surface area (Å²) in [7, 11) is 0. The maximum Gasteiger partial charge on any atom is 0.234 e. The Labute approximate surface area is 137 Å². The fourth-order valence-corrected chi connectivity index (χ4v) is 3.52. The third-order valence-electron chi connectivity index (χ3n) is 3.79. The second-order valence-electron chi connectivity index (χ2n) is 5.38. The number of hydrogen-bond acceptors (Lipinski definition) is 7. The number of anilines is 2. The van der Waals surface area contributed by atoms with E-state index in [0.29, 0.717) is 31.1 Å². The highest BCUT2D eigenvalue weighted by molar-refractivity contribution is 8.00. The molecular formula is C14H16N6O2S. The molecule has 0 aromatic carbocycles. The smallest absolute Gasteiger partial charge is 0.234 e. The maximum atomic E-state index is 11.7. The monoisotopic (exact) mass is 332 g/mol. The summed E-state index contributed by atoms with van der Waals surface area (Å²) in [5, 5.41) is 7.95. The van der Waals surface area contributed by atoms with Crippen molar-refractivity contribution in [1.29, 1.82) is 0 Å². The average molecular weight is 332 g/mol. The molecule has 1 saturated heterocycles. The normalized spacial score (nSPS) is 21.0. The van der Waals surface area contributed by atoms with Crippen molar-refractivity contribution in [1.82, 2.24) is 19.7 Å². The third kappa shape index (κ3) is 3.02. The fourth-order valence-electron chi connectivity index (χ4n) is 2.77. The number of thioether (sulfide) groups is 1. The second-order valence-corrected chi connectivity index (χ2v) is 6.35. The number of morpholine rings is 1. The standard InChI is InChI=1S/C14H16N6O2S/c21-11-8-23-14-12(18-11)13(15-9-16-14)19-4-5-22-10(6-19)7-20-3-1-2-17-20/h1-3,9-10H,4-8H2,(H,18,21). The zero-order valence-corrected chi connectivity index (χ0v) is 13.2. The summed E-state index contributed by atoms with van der Waals surface area (Å²) in [5.74, 6) is 1.15. The van der Waals surface area contributed by atoms with Gasteiger partial charge < -0.3 is 15.0 Å². The third-order valence-corrected chi connectivity index (χ3v) is 4.77. The van der Waals surface area contributed by atoms with Crippen LogP contribution in [0, 0.1) is 0 Å². The summed E-state index contributed by atoms with van der Waals surface area (Å²) >= 11 is 1.44. The van der Waals surface area contributed by atoms with Crippen molar-refractivity contribution in [3.63, 3.8) is 0 Å². The van der Waals surface area contributed by atoms with Gasteiger partial charge in [0.1, 0.15) is 17.0 Å². The molecular weight excluding hydrogens is 316 g/mol. The highest BCUT2D eigenvalue weighted by Gasteiger charge is 2.28. The minimum absolute atomic E-state index is 0.0140. The molecule has 2 aliphatic rings. The summed E-state index contributed by atoms with van der Waals surface area (Å²) in [4.78, 5) is 22.5. The molecule has 1 amide bonds. The van der Waals surface area contributed by atoms with Crippen LogP contribution in [0.3, 0.4) is 0 Å². The highest BCUT2D eigenvalue weighted by Crippen LogP contribution is 2.36. The molecule has 4 heterocycles. The summed E-state index contributed by atoms with van der Waals surface area (Å²) in [6.07, 6.45) is 5.26. The van der Waals surface area contributed by atoms with E-state index in [1.165, 1.54) is 11.8 Å². The van der Waals surface area contributed by atoms with Crippen molar-refractivity contribution in [2.24, 2.45) is 0 Å². The van der Waals surface area contributed by atoms with Gasteiger partial charge >= 0.3 is 0 Å². The molecule has 8 nitrogen and oxygen atoms in total. The minimum atomic E-state index is -0.0140. The van der Waals surface area contributed by atoms with E-state index < -0.39 is 0 Å². The van der Waals surface area contributed by atoms with Crippen molar-refractivity contribution in [2.45, 2.75) is 17.7 Å². The van der Waals surface area contributed by atoms with Crippen molar-refractivity contribution in [2.75, 3.05) is 35.7 Å². The Kier molecular flexibility index (Phi) is 3.88. The van der Waals surface area contributed by atoms with E-state index in [1.807, 2.05) is 16.9 Å². The molecule has 0 bridgehead atoms. The first-order valence-electron chi connectivity index (χ1n) is 7.41. The molecule has 2 aromatic heterocycles. The Bertz CT molecular complexity index is 707. The van der Waals surface area contributed by atoms with E-state index >= 15 is 0 Å². The van der Waals surface area contributed by atoms with Crippen LogP contribution in [0.5, 0.6) is 0 Å². The predicted molar refractivity (Wildman–Crippen MR) is 85.6 cm³/mol. The zero-order valence-electron chi connectivity index (χ0n) is 12.4. The largest absolute Gasteiger partial charge is 0.373 e. The lowest BCUT2D eigenvalue weighted by molar-refractivity contribution is -0.113. The summed E-state index contributed by atoms with van der Waals surface area (Å²) in [5.41, 5.74) is 0.716.